The molecule has 5 heteroatoms. The molecule has 4 nitrogen and oxygen atoms in total. The first-order chi connectivity index (χ1) is 11.5. The molecule has 2 aromatic rings. The molecule has 24 heavy (non-hydrogen) atoms. The summed E-state index contributed by atoms with van der Waals surface area (Å²) in [7, 11) is 0. The molecule has 1 saturated heterocycles. The summed E-state index contributed by atoms with van der Waals surface area (Å²) in [5.41, 5.74) is 2.93. The third-order valence-electron chi connectivity index (χ3n) is 4.11. The lowest BCUT2D eigenvalue weighted by atomic mass is 10.1. The molecule has 1 heterocycles. The van der Waals surface area contributed by atoms with E-state index in [0.717, 1.165) is 16.8 Å². The van der Waals surface area contributed by atoms with Crippen molar-refractivity contribution in [2.24, 2.45) is 0 Å². The van der Waals surface area contributed by atoms with E-state index >= 15 is 0 Å². The number of nitrogens with zero attached hydrogens (tertiary/aromatic N) is 1. The number of aryl methyl sites for hydroxylation is 1. The molecular formula is C19H19ClN2O2. The van der Waals surface area contributed by atoms with Gasteiger partial charge in [-0.05, 0) is 36.8 Å². The van der Waals surface area contributed by atoms with Crippen molar-refractivity contribution in [2.45, 2.75) is 25.8 Å². The van der Waals surface area contributed by atoms with Crippen LogP contribution in [0.3, 0.4) is 0 Å². The number of benzene rings is 2. The van der Waals surface area contributed by atoms with Crippen molar-refractivity contribution in [3.8, 4) is 0 Å². The van der Waals surface area contributed by atoms with Gasteiger partial charge in [0.2, 0.25) is 11.8 Å². The second-order valence-electron chi connectivity index (χ2n) is 6.11. The van der Waals surface area contributed by atoms with Crippen LogP contribution in [0.1, 0.15) is 17.5 Å². The van der Waals surface area contributed by atoms with Gasteiger partial charge in [-0.2, -0.15) is 0 Å². The highest BCUT2D eigenvalue weighted by Crippen LogP contribution is 2.22. The van der Waals surface area contributed by atoms with Crippen LogP contribution in [0.4, 0.5) is 5.69 Å². The third kappa shape index (κ3) is 3.95. The van der Waals surface area contributed by atoms with E-state index in [-0.39, 0.29) is 24.3 Å². The van der Waals surface area contributed by atoms with Gasteiger partial charge in [0.15, 0.2) is 0 Å². The van der Waals surface area contributed by atoms with Gasteiger partial charge in [-0.15, -0.1) is 0 Å². The minimum absolute atomic E-state index is 0.0376. The quantitative estimate of drug-likeness (QED) is 0.928. The Kier molecular flexibility index (Phi) is 4.86. The first-order valence-electron chi connectivity index (χ1n) is 7.92. The van der Waals surface area contributed by atoms with Gasteiger partial charge in [-0.25, -0.2) is 0 Å². The summed E-state index contributed by atoms with van der Waals surface area (Å²) in [6.07, 6.45) is 0.618. The van der Waals surface area contributed by atoms with E-state index in [1.807, 2.05) is 43.3 Å². The largest absolute Gasteiger partial charge is 0.351 e. The molecule has 0 unspecified atom stereocenters. The molecule has 0 bridgehead atoms. The third-order valence-corrected chi connectivity index (χ3v) is 4.37. The predicted octanol–water partition coefficient (Wildman–Crippen LogP) is 3.11. The van der Waals surface area contributed by atoms with Crippen LogP contribution in [-0.2, 0) is 16.0 Å². The SMILES string of the molecule is Cc1ccc(N2C[C@H](NC(=O)Cc3ccc(Cl)cc3)CC2=O)cc1. The standard InChI is InChI=1S/C19H19ClN2O2/c1-13-2-8-17(9-3-13)22-12-16(11-19(22)24)21-18(23)10-14-4-6-15(20)7-5-14/h2-9,16H,10-12H2,1H3,(H,21,23)/t16-/m1/s1. The van der Waals surface area contributed by atoms with Gasteiger partial charge >= 0.3 is 0 Å². The van der Waals surface area contributed by atoms with E-state index in [2.05, 4.69) is 5.32 Å². The lowest BCUT2D eigenvalue weighted by Gasteiger charge is -2.17. The zero-order chi connectivity index (χ0) is 17.1. The van der Waals surface area contributed by atoms with E-state index < -0.39 is 0 Å². The molecule has 1 fully saturated rings. The van der Waals surface area contributed by atoms with Gasteiger partial charge in [-0.3, -0.25) is 9.59 Å². The Morgan fingerprint density at radius 3 is 2.50 bits per heavy atom. The van der Waals surface area contributed by atoms with Gasteiger partial charge in [0.1, 0.15) is 0 Å². The average molecular weight is 343 g/mol. The summed E-state index contributed by atoms with van der Waals surface area (Å²) in [4.78, 5) is 26.1. The maximum absolute atomic E-state index is 12.2. The van der Waals surface area contributed by atoms with Crippen molar-refractivity contribution in [1.82, 2.24) is 5.32 Å². The average Bonchev–Trinajstić information content (AvgIpc) is 2.90. The normalized spacial score (nSPS) is 17.2. The van der Waals surface area contributed by atoms with Gasteiger partial charge in [0.05, 0.1) is 12.5 Å². The minimum Gasteiger partial charge on any atom is -0.351 e. The van der Waals surface area contributed by atoms with E-state index in [9.17, 15) is 9.59 Å². The van der Waals surface area contributed by atoms with Crippen molar-refractivity contribution in [2.75, 3.05) is 11.4 Å². The van der Waals surface area contributed by atoms with Crippen LogP contribution in [0, 0.1) is 6.92 Å². The first kappa shape index (κ1) is 16.5. The van der Waals surface area contributed by atoms with Crippen LogP contribution < -0.4 is 10.2 Å². The number of carbonyl (C=O) groups excluding carboxylic acids is 2. The number of rotatable bonds is 4. The van der Waals surface area contributed by atoms with Crippen molar-refractivity contribution in [1.29, 1.82) is 0 Å². The van der Waals surface area contributed by atoms with Crippen LogP contribution in [0.2, 0.25) is 5.02 Å². The molecule has 0 aliphatic carbocycles. The maximum Gasteiger partial charge on any atom is 0.229 e. The molecule has 1 aliphatic heterocycles. The second kappa shape index (κ2) is 7.05. The van der Waals surface area contributed by atoms with Crippen molar-refractivity contribution >= 4 is 29.1 Å². The highest BCUT2D eigenvalue weighted by molar-refractivity contribution is 6.30. The number of hydrogen-bond donors (Lipinski definition) is 1. The molecule has 0 radical (unpaired) electrons. The van der Waals surface area contributed by atoms with E-state index in [0.29, 0.717) is 18.0 Å². The summed E-state index contributed by atoms with van der Waals surface area (Å²) >= 11 is 5.84. The molecule has 0 spiro atoms. The Morgan fingerprint density at radius 1 is 1.17 bits per heavy atom. The minimum atomic E-state index is -0.154. The molecule has 3 rings (SSSR count). The van der Waals surface area contributed by atoms with Crippen molar-refractivity contribution in [3.63, 3.8) is 0 Å². The van der Waals surface area contributed by atoms with E-state index in [1.54, 1.807) is 17.0 Å². The summed E-state index contributed by atoms with van der Waals surface area (Å²) in [6.45, 7) is 2.52. The zero-order valence-electron chi connectivity index (χ0n) is 13.5. The van der Waals surface area contributed by atoms with Gasteiger partial charge in [-0.1, -0.05) is 41.4 Å². The fourth-order valence-corrected chi connectivity index (χ4v) is 2.97. The molecular weight excluding hydrogens is 324 g/mol. The fraction of sp³-hybridized carbons (Fsp3) is 0.263. The lowest BCUT2D eigenvalue weighted by Crippen LogP contribution is -2.38. The molecule has 1 N–H and O–H groups in total. The van der Waals surface area contributed by atoms with E-state index in [4.69, 9.17) is 11.6 Å². The summed E-state index contributed by atoms with van der Waals surface area (Å²) in [6, 6.07) is 14.9. The molecule has 2 aromatic carbocycles. The number of carbonyl (C=O) groups is 2. The number of nitrogens with one attached hydrogen (secondary N) is 1. The number of amides is 2. The molecule has 124 valence electrons. The van der Waals surface area contributed by atoms with Gasteiger partial charge in [0.25, 0.3) is 0 Å². The summed E-state index contributed by atoms with van der Waals surface area (Å²) in [5.74, 6) is -0.0449. The van der Waals surface area contributed by atoms with Crippen molar-refractivity contribution in [3.05, 3.63) is 64.7 Å². The predicted molar refractivity (Wildman–Crippen MR) is 95.2 cm³/mol. The van der Waals surface area contributed by atoms with Crippen molar-refractivity contribution < 1.29 is 9.59 Å². The highest BCUT2D eigenvalue weighted by atomic mass is 35.5. The Labute approximate surface area is 146 Å². The molecule has 2 amide bonds. The Hall–Kier alpha value is -2.33. The molecule has 1 atom stereocenters. The number of hydrogen-bond acceptors (Lipinski definition) is 2. The smallest absolute Gasteiger partial charge is 0.229 e. The highest BCUT2D eigenvalue weighted by Gasteiger charge is 2.31. The summed E-state index contributed by atoms with van der Waals surface area (Å²) < 4.78 is 0. The van der Waals surface area contributed by atoms with Crippen LogP contribution in [0.15, 0.2) is 48.5 Å². The van der Waals surface area contributed by atoms with Gasteiger partial charge < -0.3 is 10.2 Å². The number of halogens is 1. The molecule has 1 aliphatic rings. The van der Waals surface area contributed by atoms with Crippen LogP contribution >= 0.6 is 11.6 Å². The van der Waals surface area contributed by atoms with Crippen LogP contribution in [0.25, 0.3) is 0 Å². The van der Waals surface area contributed by atoms with E-state index in [1.165, 1.54) is 0 Å². The van der Waals surface area contributed by atoms with Crippen LogP contribution in [0.5, 0.6) is 0 Å². The maximum atomic E-state index is 12.2. The second-order valence-corrected chi connectivity index (χ2v) is 6.55. The monoisotopic (exact) mass is 342 g/mol. The lowest BCUT2D eigenvalue weighted by molar-refractivity contribution is -0.121. The van der Waals surface area contributed by atoms with Crippen LogP contribution in [-0.4, -0.2) is 24.4 Å². The Morgan fingerprint density at radius 2 is 1.83 bits per heavy atom. The molecule has 0 saturated carbocycles. The topological polar surface area (TPSA) is 49.4 Å². The number of anilines is 1. The fourth-order valence-electron chi connectivity index (χ4n) is 2.84. The first-order valence-corrected chi connectivity index (χ1v) is 8.30. The Bertz CT molecular complexity index is 741. The summed E-state index contributed by atoms with van der Waals surface area (Å²) in [5, 5.41) is 3.60. The zero-order valence-corrected chi connectivity index (χ0v) is 14.2. The molecule has 0 aromatic heterocycles. The van der Waals surface area contributed by atoms with Gasteiger partial charge in [0, 0.05) is 23.7 Å². The Balaban J connectivity index is 1.58.